The van der Waals surface area contributed by atoms with Gasteiger partial charge in [0.25, 0.3) is 0 Å². The van der Waals surface area contributed by atoms with Gasteiger partial charge in [-0.3, -0.25) is 9.69 Å². The molecule has 0 heterocycles. The lowest BCUT2D eigenvalue weighted by Crippen LogP contribution is -2.33. The predicted molar refractivity (Wildman–Crippen MR) is 73.3 cm³/mol. The summed E-state index contributed by atoms with van der Waals surface area (Å²) in [4.78, 5) is 13.2. The molecule has 0 bridgehead atoms. The van der Waals surface area contributed by atoms with Crippen LogP contribution in [0, 0.1) is 17.1 Å². The SMILES string of the molecule is COC(=O)CCN(Cc1cc(C#N)ccc1F)C(C)C. The quantitative estimate of drug-likeness (QED) is 0.750. The Morgan fingerprint density at radius 2 is 2.20 bits per heavy atom. The average molecular weight is 278 g/mol. The average Bonchev–Trinajstić information content (AvgIpc) is 2.44. The smallest absolute Gasteiger partial charge is 0.306 e. The Morgan fingerprint density at radius 1 is 1.50 bits per heavy atom. The number of rotatable bonds is 6. The summed E-state index contributed by atoms with van der Waals surface area (Å²) >= 11 is 0. The molecule has 1 rings (SSSR count). The maximum atomic E-state index is 13.8. The number of nitrogens with zero attached hydrogens (tertiary/aromatic N) is 2. The molecular weight excluding hydrogens is 259 g/mol. The second kappa shape index (κ2) is 7.61. The van der Waals surface area contributed by atoms with Crippen molar-refractivity contribution in [3.05, 3.63) is 35.1 Å². The molecule has 0 atom stereocenters. The summed E-state index contributed by atoms with van der Waals surface area (Å²) in [6.07, 6.45) is 0.258. The molecule has 0 saturated heterocycles. The Hall–Kier alpha value is -1.93. The molecule has 0 aliphatic carbocycles. The van der Waals surface area contributed by atoms with E-state index in [-0.39, 0.29) is 24.2 Å². The highest BCUT2D eigenvalue weighted by Gasteiger charge is 2.15. The van der Waals surface area contributed by atoms with Crippen LogP contribution in [-0.4, -0.2) is 30.6 Å². The normalized spacial score (nSPS) is 10.7. The third-order valence-electron chi connectivity index (χ3n) is 3.11. The van der Waals surface area contributed by atoms with E-state index < -0.39 is 0 Å². The zero-order valence-electron chi connectivity index (χ0n) is 12.0. The first-order chi connectivity index (χ1) is 9.47. The minimum atomic E-state index is -0.340. The first-order valence-electron chi connectivity index (χ1n) is 6.47. The predicted octanol–water partition coefficient (Wildman–Crippen LogP) is 2.47. The van der Waals surface area contributed by atoms with Crippen LogP contribution < -0.4 is 0 Å². The van der Waals surface area contributed by atoms with E-state index in [2.05, 4.69) is 4.74 Å². The van der Waals surface area contributed by atoms with Crippen LogP contribution in [0.2, 0.25) is 0 Å². The van der Waals surface area contributed by atoms with Crippen molar-refractivity contribution >= 4 is 5.97 Å². The molecule has 0 aliphatic heterocycles. The molecule has 0 aliphatic rings. The van der Waals surface area contributed by atoms with Crippen molar-refractivity contribution in [2.75, 3.05) is 13.7 Å². The molecule has 0 fully saturated rings. The van der Waals surface area contributed by atoms with Crippen LogP contribution in [0.25, 0.3) is 0 Å². The molecule has 1 aromatic rings. The lowest BCUT2D eigenvalue weighted by atomic mass is 10.1. The summed E-state index contributed by atoms with van der Waals surface area (Å²) in [6, 6.07) is 6.45. The van der Waals surface area contributed by atoms with Gasteiger partial charge in [0.1, 0.15) is 5.82 Å². The van der Waals surface area contributed by atoms with Gasteiger partial charge in [-0.2, -0.15) is 5.26 Å². The lowest BCUT2D eigenvalue weighted by Gasteiger charge is -2.26. The van der Waals surface area contributed by atoms with Crippen LogP contribution in [0.1, 0.15) is 31.4 Å². The van der Waals surface area contributed by atoms with Crippen molar-refractivity contribution in [2.45, 2.75) is 32.9 Å². The Labute approximate surface area is 118 Å². The number of nitriles is 1. The zero-order chi connectivity index (χ0) is 15.1. The van der Waals surface area contributed by atoms with Gasteiger partial charge in [0, 0.05) is 24.7 Å². The van der Waals surface area contributed by atoms with Crippen LogP contribution >= 0.6 is 0 Å². The van der Waals surface area contributed by atoms with Gasteiger partial charge in [-0.1, -0.05) is 0 Å². The van der Waals surface area contributed by atoms with E-state index in [1.807, 2.05) is 24.8 Å². The molecule has 4 nitrogen and oxygen atoms in total. The Kier molecular flexibility index (Phi) is 6.13. The number of carbonyl (C=O) groups excluding carboxylic acids is 1. The van der Waals surface area contributed by atoms with Gasteiger partial charge < -0.3 is 4.74 Å². The van der Waals surface area contributed by atoms with Gasteiger partial charge in [0.15, 0.2) is 0 Å². The van der Waals surface area contributed by atoms with Crippen molar-refractivity contribution < 1.29 is 13.9 Å². The van der Waals surface area contributed by atoms with Crippen molar-refractivity contribution in [2.24, 2.45) is 0 Å². The second-order valence-electron chi connectivity index (χ2n) is 4.81. The topological polar surface area (TPSA) is 53.3 Å². The molecule has 0 amide bonds. The Bertz CT molecular complexity index is 509. The van der Waals surface area contributed by atoms with E-state index in [1.54, 1.807) is 6.07 Å². The van der Waals surface area contributed by atoms with E-state index in [1.165, 1.54) is 19.2 Å². The van der Waals surface area contributed by atoms with Crippen molar-refractivity contribution in [3.8, 4) is 6.07 Å². The maximum absolute atomic E-state index is 13.8. The number of esters is 1. The van der Waals surface area contributed by atoms with Crippen LogP contribution in [0.4, 0.5) is 4.39 Å². The maximum Gasteiger partial charge on any atom is 0.306 e. The molecule has 108 valence electrons. The standard InChI is InChI=1S/C15H19FN2O2/c1-11(2)18(7-6-15(19)20-3)10-13-8-12(9-17)4-5-14(13)16/h4-5,8,11H,6-7,10H2,1-3H3. The fourth-order valence-electron chi connectivity index (χ4n) is 1.84. The van der Waals surface area contributed by atoms with Crippen molar-refractivity contribution in [1.29, 1.82) is 5.26 Å². The molecule has 0 spiro atoms. The summed E-state index contributed by atoms with van der Waals surface area (Å²) in [5.74, 6) is -0.630. The highest BCUT2D eigenvalue weighted by Crippen LogP contribution is 2.15. The van der Waals surface area contributed by atoms with Gasteiger partial charge in [0.05, 0.1) is 25.2 Å². The fourth-order valence-corrected chi connectivity index (χ4v) is 1.84. The number of halogens is 1. The van der Waals surface area contributed by atoms with Crippen LogP contribution in [0.15, 0.2) is 18.2 Å². The molecule has 0 unspecified atom stereocenters. The summed E-state index contributed by atoms with van der Waals surface area (Å²) in [5.41, 5.74) is 0.890. The molecule has 0 saturated carbocycles. The Balaban J connectivity index is 2.80. The molecule has 0 radical (unpaired) electrons. The van der Waals surface area contributed by atoms with Gasteiger partial charge in [0.2, 0.25) is 0 Å². The second-order valence-corrected chi connectivity index (χ2v) is 4.81. The molecule has 0 aromatic heterocycles. The lowest BCUT2D eigenvalue weighted by molar-refractivity contribution is -0.141. The van der Waals surface area contributed by atoms with E-state index in [0.29, 0.717) is 24.2 Å². The number of hydrogen-bond acceptors (Lipinski definition) is 4. The van der Waals surface area contributed by atoms with Crippen molar-refractivity contribution in [3.63, 3.8) is 0 Å². The van der Waals surface area contributed by atoms with Crippen LogP contribution in [-0.2, 0) is 16.1 Å². The fraction of sp³-hybridized carbons (Fsp3) is 0.467. The summed E-state index contributed by atoms with van der Waals surface area (Å²) in [7, 11) is 1.35. The van der Waals surface area contributed by atoms with E-state index in [0.717, 1.165) is 0 Å². The van der Waals surface area contributed by atoms with Crippen molar-refractivity contribution in [1.82, 2.24) is 4.90 Å². The van der Waals surface area contributed by atoms with Gasteiger partial charge in [-0.25, -0.2) is 4.39 Å². The number of benzene rings is 1. The van der Waals surface area contributed by atoms with E-state index >= 15 is 0 Å². The molecule has 1 aromatic carbocycles. The third kappa shape index (κ3) is 4.63. The Morgan fingerprint density at radius 3 is 2.75 bits per heavy atom. The van der Waals surface area contributed by atoms with Crippen LogP contribution in [0.3, 0.4) is 0 Å². The summed E-state index contributed by atoms with van der Waals surface area (Å²) in [6.45, 7) is 4.79. The monoisotopic (exact) mass is 278 g/mol. The molecule has 5 heteroatoms. The minimum Gasteiger partial charge on any atom is -0.469 e. The van der Waals surface area contributed by atoms with Gasteiger partial charge in [-0.15, -0.1) is 0 Å². The highest BCUT2D eigenvalue weighted by molar-refractivity contribution is 5.69. The summed E-state index contributed by atoms with van der Waals surface area (Å²) in [5, 5.41) is 8.86. The van der Waals surface area contributed by atoms with Crippen LogP contribution in [0.5, 0.6) is 0 Å². The third-order valence-corrected chi connectivity index (χ3v) is 3.11. The molecule has 20 heavy (non-hydrogen) atoms. The zero-order valence-corrected chi connectivity index (χ0v) is 12.0. The van der Waals surface area contributed by atoms with E-state index in [9.17, 15) is 9.18 Å². The minimum absolute atomic E-state index is 0.157. The van der Waals surface area contributed by atoms with E-state index in [4.69, 9.17) is 5.26 Å². The molecule has 0 N–H and O–H groups in total. The highest BCUT2D eigenvalue weighted by atomic mass is 19.1. The van der Waals surface area contributed by atoms with Gasteiger partial charge in [-0.05, 0) is 32.0 Å². The number of methoxy groups -OCH3 is 1. The van der Waals surface area contributed by atoms with Gasteiger partial charge >= 0.3 is 5.97 Å². The number of ether oxygens (including phenoxy) is 1. The largest absolute Gasteiger partial charge is 0.469 e. The molecular formula is C15H19FN2O2. The number of carbonyl (C=O) groups is 1. The first kappa shape index (κ1) is 16.1. The number of hydrogen-bond donors (Lipinski definition) is 0. The first-order valence-corrected chi connectivity index (χ1v) is 6.47. The summed E-state index contributed by atoms with van der Waals surface area (Å²) < 4.78 is 18.4.